The summed E-state index contributed by atoms with van der Waals surface area (Å²) in [7, 11) is -1.31. The fourth-order valence-electron chi connectivity index (χ4n) is 1.32. The number of rotatable bonds is 10. The highest BCUT2D eigenvalue weighted by atomic mass is 28.3. The van der Waals surface area contributed by atoms with Gasteiger partial charge in [0, 0.05) is 13.2 Å². The second-order valence-corrected chi connectivity index (χ2v) is 5.29. The zero-order chi connectivity index (χ0) is 10.6. The number of hydrogen-bond acceptors (Lipinski definition) is 3. The van der Waals surface area contributed by atoms with E-state index in [1.54, 1.807) is 0 Å². The molecular weight excluding hydrogens is 194 g/mol. The first-order valence-corrected chi connectivity index (χ1v) is 7.54. The Balaban J connectivity index is 3.30. The first kappa shape index (κ1) is 14.1. The Bertz CT molecular complexity index is 108. The van der Waals surface area contributed by atoms with E-state index >= 15 is 0 Å². The third-order valence-electron chi connectivity index (χ3n) is 2.00. The van der Waals surface area contributed by atoms with Crippen molar-refractivity contribution in [1.82, 2.24) is 5.32 Å². The minimum Gasteiger partial charge on any atom is -0.397 e. The topological polar surface area (TPSA) is 30.5 Å². The fourth-order valence-corrected chi connectivity index (χ4v) is 3.12. The summed E-state index contributed by atoms with van der Waals surface area (Å²) < 4.78 is 11.2. The van der Waals surface area contributed by atoms with Gasteiger partial charge in [-0.05, 0) is 39.4 Å². The normalized spacial score (nSPS) is 11.1. The average Bonchev–Trinajstić information content (AvgIpc) is 2.18. The molecule has 86 valence electrons. The molecule has 0 aliphatic rings. The first-order chi connectivity index (χ1) is 6.85. The minimum atomic E-state index is -1.31. The van der Waals surface area contributed by atoms with Crippen LogP contribution in [0.25, 0.3) is 0 Å². The molecule has 0 saturated heterocycles. The van der Waals surface area contributed by atoms with Gasteiger partial charge >= 0.3 is 9.28 Å². The molecule has 0 heterocycles. The molecule has 0 fully saturated rings. The van der Waals surface area contributed by atoms with Crippen LogP contribution in [0.5, 0.6) is 0 Å². The van der Waals surface area contributed by atoms with Gasteiger partial charge in [0.2, 0.25) is 0 Å². The van der Waals surface area contributed by atoms with E-state index in [1.807, 2.05) is 13.8 Å². The summed E-state index contributed by atoms with van der Waals surface area (Å²) in [5.74, 6) is 0. The van der Waals surface area contributed by atoms with Crippen molar-refractivity contribution in [2.24, 2.45) is 0 Å². The molecule has 14 heavy (non-hydrogen) atoms. The van der Waals surface area contributed by atoms with E-state index in [0.29, 0.717) is 0 Å². The van der Waals surface area contributed by atoms with Gasteiger partial charge in [0.15, 0.2) is 0 Å². The van der Waals surface area contributed by atoms with Gasteiger partial charge in [-0.3, -0.25) is 0 Å². The largest absolute Gasteiger partial charge is 0.397 e. The Morgan fingerprint density at radius 3 is 2.14 bits per heavy atom. The molecule has 3 nitrogen and oxygen atoms in total. The van der Waals surface area contributed by atoms with E-state index in [0.717, 1.165) is 32.3 Å². The van der Waals surface area contributed by atoms with Crippen molar-refractivity contribution in [2.75, 3.05) is 26.3 Å². The summed E-state index contributed by atoms with van der Waals surface area (Å²) >= 11 is 0. The fraction of sp³-hybridized carbons (Fsp3) is 1.00. The van der Waals surface area contributed by atoms with Crippen LogP contribution in [0.1, 0.15) is 33.6 Å². The molecule has 0 radical (unpaired) electrons. The maximum Gasteiger partial charge on any atom is 0.321 e. The van der Waals surface area contributed by atoms with Gasteiger partial charge in [-0.15, -0.1) is 0 Å². The maximum atomic E-state index is 5.59. The number of hydrogen-bond donors (Lipinski definition) is 1. The second kappa shape index (κ2) is 11.2. The van der Waals surface area contributed by atoms with Crippen molar-refractivity contribution in [3.05, 3.63) is 0 Å². The van der Waals surface area contributed by atoms with Crippen molar-refractivity contribution in [1.29, 1.82) is 0 Å². The zero-order valence-electron chi connectivity index (χ0n) is 9.84. The van der Waals surface area contributed by atoms with Crippen LogP contribution in [-0.4, -0.2) is 35.6 Å². The van der Waals surface area contributed by atoms with Gasteiger partial charge in [-0.25, -0.2) is 0 Å². The van der Waals surface area contributed by atoms with Gasteiger partial charge in [0.25, 0.3) is 0 Å². The summed E-state index contributed by atoms with van der Waals surface area (Å²) in [5.41, 5.74) is 0. The van der Waals surface area contributed by atoms with E-state index < -0.39 is 9.28 Å². The maximum absolute atomic E-state index is 5.59. The van der Waals surface area contributed by atoms with Crippen molar-refractivity contribution in [3.63, 3.8) is 0 Å². The van der Waals surface area contributed by atoms with Crippen LogP contribution in [-0.2, 0) is 8.85 Å². The van der Waals surface area contributed by atoms with Crippen LogP contribution in [0.15, 0.2) is 0 Å². The number of nitrogens with one attached hydrogen (secondary N) is 1. The van der Waals surface area contributed by atoms with E-state index in [1.165, 1.54) is 12.8 Å². The summed E-state index contributed by atoms with van der Waals surface area (Å²) in [5, 5.41) is 3.32. The molecule has 0 aliphatic heterocycles. The van der Waals surface area contributed by atoms with Gasteiger partial charge in [0.1, 0.15) is 0 Å². The van der Waals surface area contributed by atoms with Crippen molar-refractivity contribution in [3.8, 4) is 0 Å². The molecule has 4 heteroatoms. The van der Waals surface area contributed by atoms with Gasteiger partial charge in [0.05, 0.1) is 0 Å². The van der Waals surface area contributed by atoms with Crippen LogP contribution in [0.3, 0.4) is 0 Å². The molecule has 0 aromatic heterocycles. The summed E-state index contributed by atoms with van der Waals surface area (Å²) in [6, 6.07) is 1.15. The third kappa shape index (κ3) is 8.68. The molecule has 0 atom stereocenters. The molecule has 0 rings (SSSR count). The molecule has 0 bridgehead atoms. The molecule has 0 spiro atoms. The van der Waals surface area contributed by atoms with Crippen LogP contribution >= 0.6 is 0 Å². The Kier molecular flexibility index (Phi) is 11.3. The third-order valence-corrected chi connectivity index (χ3v) is 4.29. The predicted octanol–water partition coefficient (Wildman–Crippen LogP) is 1.67. The van der Waals surface area contributed by atoms with E-state index in [4.69, 9.17) is 8.85 Å². The predicted molar refractivity (Wildman–Crippen MR) is 63.0 cm³/mol. The lowest BCUT2D eigenvalue weighted by Crippen LogP contribution is -2.23. The Labute approximate surface area is 90.0 Å². The quantitative estimate of drug-likeness (QED) is 0.448. The number of unbranched alkanes of at least 4 members (excludes halogenated alkanes) is 1. The standard InChI is InChI=1S/C10H25NO2Si/c1-4-11-9-7-8-10-14(12-5-2)13-6-3/h11,14H,4-10H2,1-3H3. The van der Waals surface area contributed by atoms with E-state index in [9.17, 15) is 0 Å². The Morgan fingerprint density at radius 2 is 1.64 bits per heavy atom. The smallest absolute Gasteiger partial charge is 0.321 e. The molecule has 0 unspecified atom stereocenters. The average molecular weight is 219 g/mol. The summed E-state index contributed by atoms with van der Waals surface area (Å²) in [6.07, 6.45) is 2.46. The van der Waals surface area contributed by atoms with Crippen molar-refractivity contribution >= 4 is 9.28 Å². The monoisotopic (exact) mass is 219 g/mol. The van der Waals surface area contributed by atoms with Crippen molar-refractivity contribution < 1.29 is 8.85 Å². The minimum absolute atomic E-state index is 0.796. The van der Waals surface area contributed by atoms with Crippen LogP contribution in [0.2, 0.25) is 6.04 Å². The second-order valence-electron chi connectivity index (χ2n) is 3.19. The lowest BCUT2D eigenvalue weighted by Gasteiger charge is -2.14. The molecular formula is C10H25NO2Si. The molecule has 0 aromatic carbocycles. The first-order valence-electron chi connectivity index (χ1n) is 5.79. The van der Waals surface area contributed by atoms with Gasteiger partial charge in [-0.1, -0.05) is 13.3 Å². The Hall–Kier alpha value is 0.0969. The molecule has 0 aliphatic carbocycles. The van der Waals surface area contributed by atoms with Crippen LogP contribution < -0.4 is 5.32 Å². The van der Waals surface area contributed by atoms with E-state index in [2.05, 4.69) is 12.2 Å². The van der Waals surface area contributed by atoms with Gasteiger partial charge in [-0.2, -0.15) is 0 Å². The summed E-state index contributed by atoms with van der Waals surface area (Å²) in [4.78, 5) is 0. The zero-order valence-corrected chi connectivity index (χ0v) is 11.0. The van der Waals surface area contributed by atoms with Gasteiger partial charge < -0.3 is 14.2 Å². The molecule has 1 N–H and O–H groups in total. The summed E-state index contributed by atoms with van der Waals surface area (Å²) in [6.45, 7) is 10.00. The molecule has 0 saturated carbocycles. The SMILES string of the molecule is CCNCCCC[SiH](OCC)OCC. The molecule has 0 amide bonds. The van der Waals surface area contributed by atoms with Crippen LogP contribution in [0.4, 0.5) is 0 Å². The van der Waals surface area contributed by atoms with Crippen LogP contribution in [0, 0.1) is 0 Å². The Morgan fingerprint density at radius 1 is 1.00 bits per heavy atom. The molecule has 0 aromatic rings. The van der Waals surface area contributed by atoms with Crippen molar-refractivity contribution in [2.45, 2.75) is 39.7 Å². The van der Waals surface area contributed by atoms with E-state index in [-0.39, 0.29) is 0 Å². The lowest BCUT2D eigenvalue weighted by molar-refractivity contribution is 0.212. The highest BCUT2D eigenvalue weighted by Crippen LogP contribution is 2.03. The highest BCUT2D eigenvalue weighted by Gasteiger charge is 2.10. The lowest BCUT2D eigenvalue weighted by atomic mass is 10.3. The highest BCUT2D eigenvalue weighted by molar-refractivity contribution is 6.44.